The largest absolute Gasteiger partial charge is 0.461 e. The maximum Gasteiger partial charge on any atom is 0.358 e. The highest BCUT2D eigenvalue weighted by Gasteiger charge is 2.19. The first-order valence-corrected chi connectivity index (χ1v) is 5.39. The SMILES string of the molecule is CCOC(=O)c1nc(C)c(C(F)F)cc1Br. The normalized spacial score (nSPS) is 10.6. The molecule has 0 saturated heterocycles. The molecule has 0 spiro atoms. The van der Waals surface area contributed by atoms with Gasteiger partial charge in [-0.3, -0.25) is 0 Å². The van der Waals surface area contributed by atoms with Crippen LogP contribution in [0.3, 0.4) is 0 Å². The summed E-state index contributed by atoms with van der Waals surface area (Å²) in [4.78, 5) is 15.2. The van der Waals surface area contributed by atoms with Crippen LogP contribution in [0.25, 0.3) is 0 Å². The van der Waals surface area contributed by atoms with Crippen molar-refractivity contribution in [3.63, 3.8) is 0 Å². The number of aryl methyl sites for hydroxylation is 1. The molecule has 1 aromatic rings. The topological polar surface area (TPSA) is 39.2 Å². The van der Waals surface area contributed by atoms with Crippen LogP contribution in [0, 0.1) is 6.92 Å². The molecule has 0 bridgehead atoms. The molecule has 0 radical (unpaired) electrons. The average Bonchev–Trinajstić information content (AvgIpc) is 2.20. The van der Waals surface area contributed by atoms with Crippen LogP contribution >= 0.6 is 15.9 Å². The van der Waals surface area contributed by atoms with Gasteiger partial charge in [0.05, 0.1) is 11.1 Å². The third-order valence-electron chi connectivity index (χ3n) is 1.91. The predicted molar refractivity (Wildman–Crippen MR) is 57.6 cm³/mol. The number of nitrogens with zero attached hydrogens (tertiary/aromatic N) is 1. The molecule has 1 heterocycles. The van der Waals surface area contributed by atoms with Crippen LogP contribution in [0.2, 0.25) is 0 Å². The van der Waals surface area contributed by atoms with Gasteiger partial charge in [0.15, 0.2) is 5.69 Å². The quantitative estimate of drug-likeness (QED) is 0.803. The molecule has 0 unspecified atom stereocenters. The number of carbonyl (C=O) groups excluding carboxylic acids is 1. The summed E-state index contributed by atoms with van der Waals surface area (Å²) in [5.41, 5.74) is -0.0510. The van der Waals surface area contributed by atoms with E-state index in [9.17, 15) is 13.6 Å². The van der Waals surface area contributed by atoms with Gasteiger partial charge in [-0.15, -0.1) is 0 Å². The van der Waals surface area contributed by atoms with Crippen LogP contribution in [0.15, 0.2) is 10.5 Å². The maximum absolute atomic E-state index is 12.5. The number of esters is 1. The molecular weight excluding hydrogens is 284 g/mol. The summed E-state index contributed by atoms with van der Waals surface area (Å²) < 4.78 is 30.0. The van der Waals surface area contributed by atoms with Gasteiger partial charge in [0.2, 0.25) is 0 Å². The van der Waals surface area contributed by atoms with E-state index in [1.807, 2.05) is 0 Å². The molecule has 0 aliphatic heterocycles. The van der Waals surface area contributed by atoms with E-state index in [1.54, 1.807) is 6.92 Å². The summed E-state index contributed by atoms with van der Waals surface area (Å²) in [5, 5.41) is 0. The lowest BCUT2D eigenvalue weighted by molar-refractivity contribution is 0.0517. The smallest absolute Gasteiger partial charge is 0.358 e. The number of hydrogen-bond donors (Lipinski definition) is 0. The van der Waals surface area contributed by atoms with E-state index in [-0.39, 0.29) is 28.0 Å². The van der Waals surface area contributed by atoms with E-state index in [0.29, 0.717) is 0 Å². The van der Waals surface area contributed by atoms with Crippen molar-refractivity contribution in [2.24, 2.45) is 0 Å². The standard InChI is InChI=1S/C10H10BrF2NO2/c1-3-16-10(15)8-7(11)4-6(9(12)13)5(2)14-8/h4,9H,3H2,1-2H3. The minimum atomic E-state index is -2.61. The van der Waals surface area contributed by atoms with Crippen LogP contribution in [-0.4, -0.2) is 17.6 Å². The second-order valence-corrected chi connectivity index (χ2v) is 3.87. The highest BCUT2D eigenvalue weighted by atomic mass is 79.9. The fraction of sp³-hybridized carbons (Fsp3) is 0.400. The van der Waals surface area contributed by atoms with Crippen molar-refractivity contribution in [1.82, 2.24) is 4.98 Å². The van der Waals surface area contributed by atoms with Crippen LogP contribution in [0.4, 0.5) is 8.78 Å². The first kappa shape index (κ1) is 13.0. The van der Waals surface area contributed by atoms with Gasteiger partial charge in [0.1, 0.15) is 0 Å². The van der Waals surface area contributed by atoms with Gasteiger partial charge in [-0.1, -0.05) is 0 Å². The van der Waals surface area contributed by atoms with E-state index in [4.69, 9.17) is 4.74 Å². The Morgan fingerprint density at radius 1 is 1.62 bits per heavy atom. The van der Waals surface area contributed by atoms with Crippen molar-refractivity contribution in [3.05, 3.63) is 27.5 Å². The molecule has 0 aromatic carbocycles. The molecule has 1 rings (SSSR count). The van der Waals surface area contributed by atoms with Crippen LogP contribution in [0.1, 0.15) is 35.1 Å². The van der Waals surface area contributed by atoms with Gasteiger partial charge >= 0.3 is 5.97 Å². The fourth-order valence-electron chi connectivity index (χ4n) is 1.16. The van der Waals surface area contributed by atoms with Gasteiger partial charge in [-0.05, 0) is 35.8 Å². The van der Waals surface area contributed by atoms with E-state index in [0.717, 1.165) is 0 Å². The molecule has 88 valence electrons. The first-order valence-electron chi connectivity index (χ1n) is 4.59. The van der Waals surface area contributed by atoms with Crippen molar-refractivity contribution in [2.45, 2.75) is 20.3 Å². The predicted octanol–water partition coefficient (Wildman–Crippen LogP) is 3.27. The number of halogens is 3. The minimum absolute atomic E-state index is 0.0174. The third-order valence-corrected chi connectivity index (χ3v) is 2.51. The molecule has 16 heavy (non-hydrogen) atoms. The lowest BCUT2D eigenvalue weighted by atomic mass is 10.2. The second kappa shape index (κ2) is 5.34. The number of carbonyl (C=O) groups is 1. The van der Waals surface area contributed by atoms with Gasteiger partial charge in [-0.2, -0.15) is 0 Å². The summed E-state index contributed by atoms with van der Waals surface area (Å²) in [6.45, 7) is 3.30. The minimum Gasteiger partial charge on any atom is -0.461 e. The Kier molecular flexibility index (Phi) is 4.35. The Morgan fingerprint density at radius 3 is 2.75 bits per heavy atom. The van der Waals surface area contributed by atoms with Gasteiger partial charge in [0, 0.05) is 11.3 Å². The Bertz CT molecular complexity index is 410. The highest BCUT2D eigenvalue weighted by molar-refractivity contribution is 9.10. The first-order chi connectivity index (χ1) is 7.47. The second-order valence-electron chi connectivity index (χ2n) is 3.01. The van der Waals surface area contributed by atoms with Gasteiger partial charge < -0.3 is 4.74 Å². The summed E-state index contributed by atoms with van der Waals surface area (Å²) in [7, 11) is 0. The Morgan fingerprint density at radius 2 is 2.25 bits per heavy atom. The molecule has 3 nitrogen and oxygen atoms in total. The lowest BCUT2D eigenvalue weighted by Crippen LogP contribution is -2.10. The molecule has 1 aromatic heterocycles. The molecule has 0 amide bonds. The van der Waals surface area contributed by atoms with Crippen molar-refractivity contribution < 1.29 is 18.3 Å². The van der Waals surface area contributed by atoms with E-state index >= 15 is 0 Å². The van der Waals surface area contributed by atoms with Crippen molar-refractivity contribution in [1.29, 1.82) is 0 Å². The fourth-order valence-corrected chi connectivity index (χ4v) is 1.66. The van der Waals surface area contributed by atoms with E-state index < -0.39 is 12.4 Å². The third kappa shape index (κ3) is 2.75. The molecule has 6 heteroatoms. The zero-order valence-corrected chi connectivity index (χ0v) is 10.3. The maximum atomic E-state index is 12.5. The van der Waals surface area contributed by atoms with E-state index in [2.05, 4.69) is 20.9 Å². The van der Waals surface area contributed by atoms with Crippen molar-refractivity contribution in [3.8, 4) is 0 Å². The number of pyridine rings is 1. The monoisotopic (exact) mass is 293 g/mol. The summed E-state index contributed by atoms with van der Waals surface area (Å²) in [5.74, 6) is -0.627. The lowest BCUT2D eigenvalue weighted by Gasteiger charge is -2.08. The molecule has 0 aliphatic rings. The Balaban J connectivity index is 3.15. The number of rotatable bonds is 3. The molecule has 0 aliphatic carbocycles. The zero-order valence-electron chi connectivity index (χ0n) is 8.76. The molecular formula is C10H10BrF2NO2. The highest BCUT2D eigenvalue weighted by Crippen LogP contribution is 2.26. The number of hydrogen-bond acceptors (Lipinski definition) is 3. The van der Waals surface area contributed by atoms with E-state index in [1.165, 1.54) is 13.0 Å². The number of alkyl halides is 2. The van der Waals surface area contributed by atoms with Crippen molar-refractivity contribution >= 4 is 21.9 Å². The molecule has 0 atom stereocenters. The summed E-state index contributed by atoms with van der Waals surface area (Å²) in [6.07, 6.45) is -2.61. The van der Waals surface area contributed by atoms with Gasteiger partial charge in [-0.25, -0.2) is 18.6 Å². The number of ether oxygens (including phenoxy) is 1. The molecule has 0 saturated carbocycles. The average molecular weight is 294 g/mol. The van der Waals surface area contributed by atoms with Crippen LogP contribution in [-0.2, 0) is 4.74 Å². The van der Waals surface area contributed by atoms with Crippen LogP contribution in [0.5, 0.6) is 0 Å². The van der Waals surface area contributed by atoms with Crippen LogP contribution < -0.4 is 0 Å². The number of aromatic nitrogens is 1. The Hall–Kier alpha value is -1.04. The van der Waals surface area contributed by atoms with Gasteiger partial charge in [0.25, 0.3) is 6.43 Å². The molecule has 0 N–H and O–H groups in total. The molecule has 0 fully saturated rings. The summed E-state index contributed by atoms with van der Waals surface area (Å²) >= 11 is 3.02. The summed E-state index contributed by atoms with van der Waals surface area (Å²) in [6, 6.07) is 1.19. The zero-order chi connectivity index (χ0) is 12.3. The Labute approximate surface area is 99.9 Å². The van der Waals surface area contributed by atoms with Crippen molar-refractivity contribution in [2.75, 3.05) is 6.61 Å².